The van der Waals surface area contributed by atoms with Crippen LogP contribution in [-0.4, -0.2) is 4.98 Å². The number of unbranched alkanes of at least 4 members (excludes halogenated alkanes) is 1. The average Bonchev–Trinajstić information content (AvgIpc) is 2.50. The fourth-order valence-corrected chi connectivity index (χ4v) is 0.774. The van der Waals surface area contributed by atoms with Gasteiger partial charge in [0.2, 0.25) is 0 Å². The molecule has 0 amide bonds. The predicted molar refractivity (Wildman–Crippen MR) is 43.9 cm³/mol. The number of allylic oxidation sites excluding steroid dienone is 2. The van der Waals surface area contributed by atoms with Crippen molar-refractivity contribution in [3.8, 4) is 0 Å². The van der Waals surface area contributed by atoms with Gasteiger partial charge in [0.05, 0.1) is 6.20 Å². The van der Waals surface area contributed by atoms with Crippen molar-refractivity contribution in [2.24, 2.45) is 0 Å². The summed E-state index contributed by atoms with van der Waals surface area (Å²) in [5, 5.41) is 0. The summed E-state index contributed by atoms with van der Waals surface area (Å²) in [6.07, 6.45) is 10.2. The summed E-state index contributed by atoms with van der Waals surface area (Å²) in [5.74, 6) is 0.769. The molecular weight excluding hydrogens is 138 g/mol. The molecule has 0 aromatic carbocycles. The van der Waals surface area contributed by atoms with E-state index in [0.29, 0.717) is 0 Å². The van der Waals surface area contributed by atoms with E-state index in [1.54, 1.807) is 12.5 Å². The molecule has 2 heteroatoms. The van der Waals surface area contributed by atoms with Crippen molar-refractivity contribution in [1.29, 1.82) is 0 Å². The minimum atomic E-state index is 0.769. The van der Waals surface area contributed by atoms with Crippen LogP contribution in [0.3, 0.4) is 0 Å². The molecule has 0 aliphatic heterocycles. The summed E-state index contributed by atoms with van der Waals surface area (Å²) < 4.78 is 5.04. The van der Waals surface area contributed by atoms with Gasteiger partial charge in [-0.25, -0.2) is 4.98 Å². The van der Waals surface area contributed by atoms with E-state index in [1.807, 2.05) is 0 Å². The van der Waals surface area contributed by atoms with Crippen LogP contribution < -0.4 is 0 Å². The first-order valence-electron chi connectivity index (χ1n) is 3.76. The highest BCUT2D eigenvalue weighted by Gasteiger charge is 1.90. The van der Waals surface area contributed by atoms with Crippen molar-refractivity contribution in [2.45, 2.75) is 19.3 Å². The van der Waals surface area contributed by atoms with Crippen LogP contribution in [0, 0.1) is 6.92 Å². The molecule has 1 rings (SSSR count). The molecule has 1 aromatic rings. The van der Waals surface area contributed by atoms with Gasteiger partial charge < -0.3 is 4.42 Å². The maximum Gasteiger partial charge on any atom is 0.197 e. The van der Waals surface area contributed by atoms with E-state index in [9.17, 15) is 0 Å². The monoisotopic (exact) mass is 150 g/mol. The van der Waals surface area contributed by atoms with Crippen LogP contribution in [0.4, 0.5) is 0 Å². The van der Waals surface area contributed by atoms with Crippen molar-refractivity contribution >= 4 is 0 Å². The Bertz CT molecular complexity index is 201. The Hall–Kier alpha value is -1.05. The molecule has 0 aliphatic rings. The molecule has 1 radical (unpaired) electrons. The number of rotatable bonds is 4. The Labute approximate surface area is 66.9 Å². The molecule has 0 fully saturated rings. The van der Waals surface area contributed by atoms with E-state index in [4.69, 9.17) is 4.42 Å². The molecular formula is C9H12NO. The third-order valence-corrected chi connectivity index (χ3v) is 1.31. The van der Waals surface area contributed by atoms with E-state index >= 15 is 0 Å². The van der Waals surface area contributed by atoms with Gasteiger partial charge in [0, 0.05) is 6.42 Å². The number of nitrogens with zero attached hydrogens (tertiary/aromatic N) is 1. The molecule has 59 valence electrons. The summed E-state index contributed by atoms with van der Waals surface area (Å²) in [7, 11) is 0. The molecule has 0 saturated heterocycles. The molecule has 0 bridgehead atoms. The Kier molecular flexibility index (Phi) is 3.45. The average molecular weight is 150 g/mol. The van der Waals surface area contributed by atoms with Crippen molar-refractivity contribution < 1.29 is 4.42 Å². The van der Waals surface area contributed by atoms with E-state index in [0.717, 1.165) is 25.2 Å². The van der Waals surface area contributed by atoms with Gasteiger partial charge in [-0.3, -0.25) is 0 Å². The number of aromatic nitrogens is 1. The van der Waals surface area contributed by atoms with Gasteiger partial charge in [0.25, 0.3) is 0 Å². The lowest BCUT2D eigenvalue weighted by Crippen LogP contribution is -1.77. The zero-order chi connectivity index (χ0) is 7.94. The van der Waals surface area contributed by atoms with Crippen LogP contribution >= 0.6 is 0 Å². The lowest BCUT2D eigenvalue weighted by Gasteiger charge is -1.85. The van der Waals surface area contributed by atoms with Crippen LogP contribution in [0.25, 0.3) is 0 Å². The molecule has 2 nitrogen and oxygen atoms in total. The zero-order valence-electron chi connectivity index (χ0n) is 6.49. The molecule has 1 aromatic heterocycles. The SMILES string of the molecule is [CH2]CC/C=C/Cc1ncco1. The van der Waals surface area contributed by atoms with Crippen LogP contribution in [0.2, 0.25) is 0 Å². The highest BCUT2D eigenvalue weighted by molar-refractivity contribution is 4.92. The molecule has 0 spiro atoms. The van der Waals surface area contributed by atoms with E-state index in [1.165, 1.54) is 0 Å². The van der Waals surface area contributed by atoms with Gasteiger partial charge in [-0.2, -0.15) is 0 Å². The Morgan fingerprint density at radius 3 is 3.09 bits per heavy atom. The fraction of sp³-hybridized carbons (Fsp3) is 0.333. The van der Waals surface area contributed by atoms with Crippen LogP contribution in [0.5, 0.6) is 0 Å². The summed E-state index contributed by atoms with van der Waals surface area (Å²) in [6.45, 7) is 3.73. The standard InChI is InChI=1S/C9H12NO/c1-2-3-4-5-6-9-10-7-8-11-9/h4-5,7-8H,1-3,6H2/b5-4+. The van der Waals surface area contributed by atoms with Crippen molar-refractivity contribution in [3.63, 3.8) is 0 Å². The largest absolute Gasteiger partial charge is 0.449 e. The number of oxazole rings is 1. The third kappa shape index (κ3) is 3.03. The van der Waals surface area contributed by atoms with E-state index in [2.05, 4.69) is 24.1 Å². The molecule has 0 unspecified atom stereocenters. The number of hydrogen-bond acceptors (Lipinski definition) is 2. The van der Waals surface area contributed by atoms with Gasteiger partial charge in [0.1, 0.15) is 6.26 Å². The Morgan fingerprint density at radius 1 is 1.55 bits per heavy atom. The van der Waals surface area contributed by atoms with Gasteiger partial charge in [-0.1, -0.05) is 19.1 Å². The second-order valence-electron chi connectivity index (χ2n) is 2.24. The maximum absolute atomic E-state index is 5.04. The summed E-state index contributed by atoms with van der Waals surface area (Å²) in [5.41, 5.74) is 0. The van der Waals surface area contributed by atoms with Crippen molar-refractivity contribution in [1.82, 2.24) is 4.98 Å². The lowest BCUT2D eigenvalue weighted by atomic mass is 10.3. The first-order chi connectivity index (χ1) is 5.43. The molecule has 0 saturated carbocycles. The summed E-state index contributed by atoms with van der Waals surface area (Å²) in [4.78, 5) is 3.98. The van der Waals surface area contributed by atoms with Gasteiger partial charge in [0.15, 0.2) is 5.89 Å². The molecule has 0 N–H and O–H groups in total. The second-order valence-corrected chi connectivity index (χ2v) is 2.24. The van der Waals surface area contributed by atoms with Gasteiger partial charge >= 0.3 is 0 Å². The Morgan fingerprint density at radius 2 is 2.45 bits per heavy atom. The molecule has 11 heavy (non-hydrogen) atoms. The smallest absolute Gasteiger partial charge is 0.197 e. The molecule has 0 aliphatic carbocycles. The van der Waals surface area contributed by atoms with Crippen LogP contribution in [-0.2, 0) is 6.42 Å². The first kappa shape index (κ1) is 8.05. The molecule has 0 atom stereocenters. The third-order valence-electron chi connectivity index (χ3n) is 1.31. The van der Waals surface area contributed by atoms with E-state index in [-0.39, 0.29) is 0 Å². The first-order valence-corrected chi connectivity index (χ1v) is 3.76. The lowest BCUT2D eigenvalue weighted by molar-refractivity contribution is 0.509. The van der Waals surface area contributed by atoms with E-state index < -0.39 is 0 Å². The summed E-state index contributed by atoms with van der Waals surface area (Å²) >= 11 is 0. The van der Waals surface area contributed by atoms with Crippen LogP contribution in [0.15, 0.2) is 29.0 Å². The zero-order valence-corrected chi connectivity index (χ0v) is 6.49. The number of hydrogen-bond donors (Lipinski definition) is 0. The predicted octanol–water partition coefficient (Wildman–Crippen LogP) is 2.39. The highest BCUT2D eigenvalue weighted by Crippen LogP contribution is 1.97. The quantitative estimate of drug-likeness (QED) is 0.616. The summed E-state index contributed by atoms with van der Waals surface area (Å²) in [6, 6.07) is 0. The van der Waals surface area contributed by atoms with Crippen LogP contribution in [0.1, 0.15) is 18.7 Å². The van der Waals surface area contributed by atoms with Crippen molar-refractivity contribution in [3.05, 3.63) is 37.4 Å². The molecule has 1 heterocycles. The maximum atomic E-state index is 5.04. The topological polar surface area (TPSA) is 26.0 Å². The van der Waals surface area contributed by atoms with Crippen molar-refractivity contribution in [2.75, 3.05) is 0 Å². The minimum Gasteiger partial charge on any atom is -0.449 e. The minimum absolute atomic E-state index is 0.769. The second kappa shape index (κ2) is 4.72. The highest BCUT2D eigenvalue weighted by atomic mass is 16.3. The van der Waals surface area contributed by atoms with Gasteiger partial charge in [-0.05, 0) is 12.8 Å². The van der Waals surface area contributed by atoms with Gasteiger partial charge in [-0.15, -0.1) is 0 Å². The Balaban J connectivity index is 2.23. The normalized spacial score (nSPS) is 11.0. The fourth-order valence-electron chi connectivity index (χ4n) is 0.774.